The molecule has 1 aliphatic rings. The van der Waals surface area contributed by atoms with Gasteiger partial charge in [-0.3, -0.25) is 19.2 Å². The predicted molar refractivity (Wildman–Crippen MR) is 91.1 cm³/mol. The highest BCUT2D eigenvalue weighted by Gasteiger charge is 2.40. The van der Waals surface area contributed by atoms with E-state index in [9.17, 15) is 19.2 Å². The third kappa shape index (κ3) is 4.20. The minimum absolute atomic E-state index is 0.0513. The Hall–Kier alpha value is -3.49. The number of carbonyl (C=O) groups is 4. The molecule has 9 nitrogen and oxygen atoms in total. The highest BCUT2D eigenvalue weighted by molar-refractivity contribution is 6.19. The number of ketones is 1. The lowest BCUT2D eigenvalue weighted by Gasteiger charge is -2.30. The van der Waals surface area contributed by atoms with E-state index in [0.717, 1.165) is 16.7 Å². The number of piperidine rings is 1. The van der Waals surface area contributed by atoms with Crippen molar-refractivity contribution in [3.05, 3.63) is 42.3 Å². The third-order valence-electron chi connectivity index (χ3n) is 4.28. The predicted octanol–water partition coefficient (Wildman–Crippen LogP) is 0.460. The van der Waals surface area contributed by atoms with E-state index in [1.807, 2.05) is 24.3 Å². The lowest BCUT2D eigenvalue weighted by molar-refractivity contribution is -0.152. The third-order valence-corrected chi connectivity index (χ3v) is 4.28. The van der Waals surface area contributed by atoms with Crippen molar-refractivity contribution in [2.45, 2.75) is 13.0 Å². The Balaban J connectivity index is 1.67. The molecule has 27 heavy (non-hydrogen) atoms. The molecular weight excluding hydrogens is 354 g/mol. The smallest absolute Gasteiger partial charge is 0.322 e. The number of carboxylic acids is 1. The molecule has 140 valence electrons. The molecule has 1 aromatic heterocycles. The summed E-state index contributed by atoms with van der Waals surface area (Å²) in [5.41, 5.74) is 2.57. The summed E-state index contributed by atoms with van der Waals surface area (Å²) in [7, 11) is 0. The molecule has 0 radical (unpaired) electrons. The zero-order valence-corrected chi connectivity index (χ0v) is 14.3. The summed E-state index contributed by atoms with van der Waals surface area (Å²) < 4.78 is 4.80. The molecular formula is C18H17N3O6. The van der Waals surface area contributed by atoms with Crippen LogP contribution in [0.5, 0.6) is 0 Å². The first kappa shape index (κ1) is 18.3. The fourth-order valence-electron chi connectivity index (χ4n) is 2.87. The molecule has 1 atom stereocenters. The summed E-state index contributed by atoms with van der Waals surface area (Å²) in [6.07, 6.45) is 3.17. The van der Waals surface area contributed by atoms with Crippen LogP contribution in [0.4, 0.5) is 0 Å². The molecule has 9 heteroatoms. The van der Waals surface area contributed by atoms with Crippen LogP contribution in [0.25, 0.3) is 11.1 Å². The Morgan fingerprint density at radius 3 is 2.59 bits per heavy atom. The number of rotatable bonds is 6. The maximum Gasteiger partial charge on any atom is 0.322 e. The number of aromatic nitrogens is 1. The number of Topliss-reactive ketones (excluding diaryl/α,β-unsaturated/α-hetero) is 1. The normalized spacial score (nSPS) is 17.0. The van der Waals surface area contributed by atoms with Crippen LogP contribution in [0.15, 0.2) is 41.2 Å². The fraction of sp³-hybridized carbons (Fsp3) is 0.278. The van der Waals surface area contributed by atoms with Crippen molar-refractivity contribution in [1.29, 1.82) is 0 Å². The van der Waals surface area contributed by atoms with Gasteiger partial charge in [-0.1, -0.05) is 29.4 Å². The van der Waals surface area contributed by atoms with Crippen LogP contribution in [0.3, 0.4) is 0 Å². The SMILES string of the molecule is O=C(O)CNC(=O)C1C(=O)CCN(Cc2ccc(-c3cnoc3)cc2)C1=O. The molecule has 2 aromatic rings. The summed E-state index contributed by atoms with van der Waals surface area (Å²) in [6, 6.07) is 7.40. The zero-order valence-electron chi connectivity index (χ0n) is 14.3. The number of amides is 2. The van der Waals surface area contributed by atoms with Crippen LogP contribution in [0.2, 0.25) is 0 Å². The Labute approximate surface area is 153 Å². The van der Waals surface area contributed by atoms with Crippen molar-refractivity contribution in [3.63, 3.8) is 0 Å². The van der Waals surface area contributed by atoms with E-state index in [1.165, 1.54) is 11.2 Å². The quantitative estimate of drug-likeness (QED) is 0.706. The Morgan fingerprint density at radius 1 is 1.22 bits per heavy atom. The molecule has 1 saturated heterocycles. The van der Waals surface area contributed by atoms with E-state index < -0.39 is 36.0 Å². The minimum atomic E-state index is -1.49. The number of benzene rings is 1. The van der Waals surface area contributed by atoms with Crippen molar-refractivity contribution in [3.8, 4) is 11.1 Å². The van der Waals surface area contributed by atoms with Crippen LogP contribution < -0.4 is 5.32 Å². The van der Waals surface area contributed by atoms with Gasteiger partial charge in [-0.05, 0) is 11.1 Å². The summed E-state index contributed by atoms with van der Waals surface area (Å²) in [6.45, 7) is -0.174. The molecule has 1 aromatic carbocycles. The van der Waals surface area contributed by atoms with Crippen LogP contribution in [0.1, 0.15) is 12.0 Å². The number of hydrogen-bond donors (Lipinski definition) is 2. The van der Waals surface area contributed by atoms with Gasteiger partial charge in [-0.15, -0.1) is 0 Å². The molecule has 1 unspecified atom stereocenters. The maximum atomic E-state index is 12.6. The summed E-state index contributed by atoms with van der Waals surface area (Å²) in [4.78, 5) is 48.6. The van der Waals surface area contributed by atoms with Crippen molar-refractivity contribution in [2.24, 2.45) is 5.92 Å². The molecule has 0 bridgehead atoms. The second-order valence-electron chi connectivity index (χ2n) is 6.13. The highest BCUT2D eigenvalue weighted by atomic mass is 16.5. The molecule has 2 N–H and O–H groups in total. The number of likely N-dealkylation sites (tertiary alicyclic amines) is 1. The number of nitrogens with zero attached hydrogens (tertiary/aromatic N) is 2. The van der Waals surface area contributed by atoms with Crippen LogP contribution in [0, 0.1) is 5.92 Å². The first-order valence-corrected chi connectivity index (χ1v) is 8.25. The van der Waals surface area contributed by atoms with E-state index in [1.54, 1.807) is 6.20 Å². The largest absolute Gasteiger partial charge is 0.480 e. The van der Waals surface area contributed by atoms with Crippen molar-refractivity contribution in [2.75, 3.05) is 13.1 Å². The van der Waals surface area contributed by atoms with E-state index in [-0.39, 0.29) is 19.5 Å². The molecule has 2 amide bonds. The van der Waals surface area contributed by atoms with Crippen LogP contribution in [-0.2, 0) is 25.7 Å². The van der Waals surface area contributed by atoms with Gasteiger partial charge in [0, 0.05) is 25.1 Å². The second kappa shape index (κ2) is 7.81. The fourth-order valence-corrected chi connectivity index (χ4v) is 2.87. The number of carbonyl (C=O) groups excluding carboxylic acids is 3. The molecule has 2 heterocycles. The van der Waals surface area contributed by atoms with Gasteiger partial charge in [0.1, 0.15) is 12.8 Å². The number of carboxylic acid groups (broad SMARTS) is 1. The van der Waals surface area contributed by atoms with Crippen molar-refractivity contribution >= 4 is 23.6 Å². The first-order valence-electron chi connectivity index (χ1n) is 8.25. The molecule has 1 fully saturated rings. The highest BCUT2D eigenvalue weighted by Crippen LogP contribution is 2.21. The minimum Gasteiger partial charge on any atom is -0.480 e. The van der Waals surface area contributed by atoms with Crippen molar-refractivity contribution < 1.29 is 28.8 Å². The Kier molecular flexibility index (Phi) is 5.30. The van der Waals surface area contributed by atoms with E-state index in [0.29, 0.717) is 0 Å². The summed E-state index contributed by atoms with van der Waals surface area (Å²) in [5.74, 6) is -4.72. The molecule has 0 aliphatic carbocycles. The van der Waals surface area contributed by atoms with Crippen LogP contribution in [-0.4, -0.2) is 51.8 Å². The Bertz CT molecular complexity index is 860. The monoisotopic (exact) mass is 371 g/mol. The molecule has 0 saturated carbocycles. The van der Waals surface area contributed by atoms with Gasteiger partial charge < -0.3 is 19.8 Å². The topological polar surface area (TPSA) is 130 Å². The summed E-state index contributed by atoms with van der Waals surface area (Å²) >= 11 is 0. The molecule has 3 rings (SSSR count). The maximum absolute atomic E-state index is 12.6. The standard InChI is InChI=1S/C18H17N3O6/c22-14-5-6-21(18(26)16(14)17(25)19-8-15(23)24)9-11-1-3-12(4-2-11)13-7-20-27-10-13/h1-4,7,10,16H,5-6,8-9H2,(H,19,25)(H,23,24). The van der Waals surface area contributed by atoms with E-state index >= 15 is 0 Å². The average Bonchev–Trinajstić information content (AvgIpc) is 3.18. The molecule has 0 spiro atoms. The van der Waals surface area contributed by atoms with Gasteiger partial charge >= 0.3 is 5.97 Å². The number of aliphatic carboxylic acids is 1. The van der Waals surface area contributed by atoms with Gasteiger partial charge in [0.25, 0.3) is 0 Å². The summed E-state index contributed by atoms with van der Waals surface area (Å²) in [5, 5.41) is 14.4. The van der Waals surface area contributed by atoms with Gasteiger partial charge in [0.05, 0.1) is 6.20 Å². The van der Waals surface area contributed by atoms with Gasteiger partial charge in [-0.2, -0.15) is 0 Å². The van der Waals surface area contributed by atoms with E-state index in [2.05, 4.69) is 10.5 Å². The number of nitrogens with one attached hydrogen (secondary N) is 1. The van der Waals surface area contributed by atoms with Crippen LogP contribution >= 0.6 is 0 Å². The first-order chi connectivity index (χ1) is 13.0. The van der Waals surface area contributed by atoms with Gasteiger partial charge in [0.15, 0.2) is 11.7 Å². The second-order valence-corrected chi connectivity index (χ2v) is 6.13. The molecule has 1 aliphatic heterocycles. The lowest BCUT2D eigenvalue weighted by atomic mass is 9.94. The van der Waals surface area contributed by atoms with Crippen molar-refractivity contribution in [1.82, 2.24) is 15.4 Å². The Morgan fingerprint density at radius 2 is 1.96 bits per heavy atom. The van der Waals surface area contributed by atoms with Gasteiger partial charge in [-0.25, -0.2) is 0 Å². The number of hydrogen-bond acceptors (Lipinski definition) is 6. The zero-order chi connectivity index (χ0) is 19.4. The van der Waals surface area contributed by atoms with Gasteiger partial charge in [0.2, 0.25) is 11.8 Å². The lowest BCUT2D eigenvalue weighted by Crippen LogP contribution is -2.52. The average molecular weight is 371 g/mol. The van der Waals surface area contributed by atoms with E-state index in [4.69, 9.17) is 9.63 Å².